The molecular weight excluding hydrogens is 256 g/mol. The fourth-order valence-corrected chi connectivity index (χ4v) is 1.88. The van der Waals surface area contributed by atoms with Gasteiger partial charge in [-0.1, -0.05) is 6.92 Å². The molecule has 7 heteroatoms. The Bertz CT molecular complexity index is 559. The molecule has 2 aromatic heterocycles. The maximum Gasteiger partial charge on any atom is 0.241 e. The normalized spacial score (nSPS) is 10.5. The minimum atomic E-state index is -0.0688. The van der Waals surface area contributed by atoms with E-state index in [2.05, 4.69) is 27.8 Å². The van der Waals surface area contributed by atoms with Crippen molar-refractivity contribution in [2.45, 2.75) is 33.0 Å². The summed E-state index contributed by atoms with van der Waals surface area (Å²) < 4.78 is 3.59. The number of hydrogen-bond donors (Lipinski definition) is 2. The van der Waals surface area contributed by atoms with E-state index in [1.54, 1.807) is 17.9 Å². The molecule has 0 spiro atoms. The third-order valence-corrected chi connectivity index (χ3v) is 2.93. The minimum Gasteiger partial charge on any atom is -0.377 e. The predicted octanol–water partition coefficient (Wildman–Crippen LogP) is 0.848. The molecule has 0 aromatic carbocycles. The zero-order valence-electron chi connectivity index (χ0n) is 11.8. The molecule has 0 aliphatic rings. The molecule has 2 rings (SSSR count). The number of aromatic nitrogens is 4. The lowest BCUT2D eigenvalue weighted by Crippen LogP contribution is -2.23. The number of carbonyl (C=O) groups excluding carboxylic acids is 1. The van der Waals surface area contributed by atoms with Gasteiger partial charge in [0.25, 0.3) is 0 Å². The van der Waals surface area contributed by atoms with E-state index in [1.807, 2.05) is 23.1 Å². The molecule has 20 heavy (non-hydrogen) atoms. The summed E-state index contributed by atoms with van der Waals surface area (Å²) in [5, 5.41) is 14.3. The summed E-state index contributed by atoms with van der Waals surface area (Å²) in [6.45, 7) is 3.96. The standard InChI is InChI=1S/C13H20N6O/c1-3-6-19-12(4-5-16-19)8-15-11-7-17-18(9-11)10-13(20)14-2/h4-5,7,9,15H,3,6,8,10H2,1-2H3,(H,14,20). The van der Waals surface area contributed by atoms with E-state index in [-0.39, 0.29) is 12.5 Å². The van der Waals surface area contributed by atoms with Crippen molar-refractivity contribution in [3.63, 3.8) is 0 Å². The predicted molar refractivity (Wildman–Crippen MR) is 76.1 cm³/mol. The Morgan fingerprint density at radius 1 is 1.40 bits per heavy atom. The summed E-state index contributed by atoms with van der Waals surface area (Å²) in [5.41, 5.74) is 2.02. The molecule has 0 bridgehead atoms. The monoisotopic (exact) mass is 276 g/mol. The molecular formula is C13H20N6O. The molecule has 2 N–H and O–H groups in total. The van der Waals surface area contributed by atoms with Crippen molar-refractivity contribution in [2.75, 3.05) is 12.4 Å². The van der Waals surface area contributed by atoms with Crippen LogP contribution in [0.1, 0.15) is 19.0 Å². The molecule has 1 amide bonds. The van der Waals surface area contributed by atoms with Gasteiger partial charge < -0.3 is 10.6 Å². The van der Waals surface area contributed by atoms with Gasteiger partial charge in [0.1, 0.15) is 6.54 Å². The average Bonchev–Trinajstić information content (AvgIpc) is 3.06. The first-order valence-electron chi connectivity index (χ1n) is 6.70. The topological polar surface area (TPSA) is 76.8 Å². The average molecular weight is 276 g/mol. The van der Waals surface area contributed by atoms with Crippen LogP contribution in [-0.2, 0) is 24.4 Å². The highest BCUT2D eigenvalue weighted by atomic mass is 16.1. The maximum atomic E-state index is 11.2. The summed E-state index contributed by atoms with van der Waals surface area (Å²) in [6, 6.07) is 2.00. The quantitative estimate of drug-likeness (QED) is 0.786. The van der Waals surface area contributed by atoms with Crippen LogP contribution in [0.15, 0.2) is 24.7 Å². The Morgan fingerprint density at radius 3 is 3.00 bits per heavy atom. The van der Waals surface area contributed by atoms with Crippen molar-refractivity contribution in [1.29, 1.82) is 0 Å². The zero-order chi connectivity index (χ0) is 14.4. The third-order valence-electron chi connectivity index (χ3n) is 2.93. The van der Waals surface area contributed by atoms with Gasteiger partial charge in [-0.25, -0.2) is 0 Å². The zero-order valence-corrected chi connectivity index (χ0v) is 11.8. The van der Waals surface area contributed by atoms with Gasteiger partial charge in [-0.2, -0.15) is 10.2 Å². The number of aryl methyl sites for hydroxylation is 1. The minimum absolute atomic E-state index is 0.0688. The Morgan fingerprint density at radius 2 is 2.25 bits per heavy atom. The van der Waals surface area contributed by atoms with Crippen LogP contribution < -0.4 is 10.6 Å². The van der Waals surface area contributed by atoms with E-state index in [0.29, 0.717) is 6.54 Å². The Balaban J connectivity index is 1.90. The van der Waals surface area contributed by atoms with E-state index < -0.39 is 0 Å². The highest BCUT2D eigenvalue weighted by molar-refractivity contribution is 5.75. The summed E-state index contributed by atoms with van der Waals surface area (Å²) in [5.74, 6) is -0.0688. The van der Waals surface area contributed by atoms with Crippen molar-refractivity contribution in [3.8, 4) is 0 Å². The van der Waals surface area contributed by atoms with E-state index >= 15 is 0 Å². The van der Waals surface area contributed by atoms with Crippen molar-refractivity contribution in [1.82, 2.24) is 24.9 Å². The van der Waals surface area contributed by atoms with E-state index in [9.17, 15) is 4.79 Å². The molecule has 0 saturated carbocycles. The van der Waals surface area contributed by atoms with Crippen LogP contribution in [-0.4, -0.2) is 32.5 Å². The highest BCUT2D eigenvalue weighted by Crippen LogP contribution is 2.08. The van der Waals surface area contributed by atoms with Crippen LogP contribution >= 0.6 is 0 Å². The maximum absolute atomic E-state index is 11.2. The van der Waals surface area contributed by atoms with Gasteiger partial charge in [0, 0.05) is 26.0 Å². The van der Waals surface area contributed by atoms with Gasteiger partial charge in [0.05, 0.1) is 24.1 Å². The first-order chi connectivity index (χ1) is 9.72. The number of amides is 1. The van der Waals surface area contributed by atoms with Gasteiger partial charge >= 0.3 is 0 Å². The number of nitrogens with zero attached hydrogens (tertiary/aromatic N) is 4. The lowest BCUT2D eigenvalue weighted by molar-refractivity contribution is -0.121. The van der Waals surface area contributed by atoms with Gasteiger partial charge in [0.2, 0.25) is 5.91 Å². The molecule has 0 unspecified atom stereocenters. The van der Waals surface area contributed by atoms with Crippen LogP contribution in [0.25, 0.3) is 0 Å². The second kappa shape index (κ2) is 6.74. The van der Waals surface area contributed by atoms with Crippen LogP contribution in [0.5, 0.6) is 0 Å². The molecule has 2 heterocycles. The molecule has 0 atom stereocenters. The van der Waals surface area contributed by atoms with E-state index in [0.717, 1.165) is 24.3 Å². The number of nitrogens with one attached hydrogen (secondary N) is 2. The Kier molecular flexibility index (Phi) is 4.75. The number of rotatable bonds is 7. The molecule has 0 radical (unpaired) electrons. The fraction of sp³-hybridized carbons (Fsp3) is 0.462. The van der Waals surface area contributed by atoms with Gasteiger partial charge in [-0.05, 0) is 12.5 Å². The lowest BCUT2D eigenvalue weighted by atomic mass is 10.4. The van der Waals surface area contributed by atoms with E-state index in [1.165, 1.54) is 0 Å². The molecule has 0 saturated heterocycles. The first kappa shape index (κ1) is 14.1. The largest absolute Gasteiger partial charge is 0.377 e. The number of likely N-dealkylation sites (N-methyl/N-ethyl adjacent to an activating group) is 1. The van der Waals surface area contributed by atoms with E-state index in [4.69, 9.17) is 0 Å². The second-order valence-electron chi connectivity index (χ2n) is 4.50. The molecule has 0 aliphatic heterocycles. The first-order valence-corrected chi connectivity index (χ1v) is 6.70. The number of anilines is 1. The van der Waals surface area contributed by atoms with Crippen molar-refractivity contribution >= 4 is 11.6 Å². The second-order valence-corrected chi connectivity index (χ2v) is 4.50. The smallest absolute Gasteiger partial charge is 0.241 e. The van der Waals surface area contributed by atoms with Gasteiger partial charge in [0.15, 0.2) is 0 Å². The molecule has 2 aromatic rings. The highest BCUT2D eigenvalue weighted by Gasteiger charge is 2.04. The van der Waals surface area contributed by atoms with Gasteiger partial charge in [-0.15, -0.1) is 0 Å². The number of hydrogen-bond acceptors (Lipinski definition) is 4. The Hall–Kier alpha value is -2.31. The summed E-state index contributed by atoms with van der Waals surface area (Å²) in [6.07, 6.45) is 6.39. The fourth-order valence-electron chi connectivity index (χ4n) is 1.88. The molecule has 0 aliphatic carbocycles. The molecule has 0 fully saturated rings. The van der Waals surface area contributed by atoms with Crippen molar-refractivity contribution in [3.05, 3.63) is 30.4 Å². The Labute approximate surface area is 118 Å². The third kappa shape index (κ3) is 3.59. The summed E-state index contributed by atoms with van der Waals surface area (Å²) in [4.78, 5) is 11.2. The summed E-state index contributed by atoms with van der Waals surface area (Å²) >= 11 is 0. The van der Waals surface area contributed by atoms with Crippen LogP contribution in [0.4, 0.5) is 5.69 Å². The van der Waals surface area contributed by atoms with Crippen molar-refractivity contribution in [2.24, 2.45) is 0 Å². The molecule has 108 valence electrons. The van der Waals surface area contributed by atoms with Crippen LogP contribution in [0.3, 0.4) is 0 Å². The number of carbonyl (C=O) groups is 1. The van der Waals surface area contributed by atoms with Gasteiger partial charge in [-0.3, -0.25) is 14.2 Å². The van der Waals surface area contributed by atoms with Crippen LogP contribution in [0.2, 0.25) is 0 Å². The van der Waals surface area contributed by atoms with Crippen molar-refractivity contribution < 1.29 is 4.79 Å². The molecule has 7 nitrogen and oxygen atoms in total. The SMILES string of the molecule is CCCn1nccc1CNc1cnn(CC(=O)NC)c1. The lowest BCUT2D eigenvalue weighted by Gasteiger charge is -2.07. The van der Waals surface area contributed by atoms with Crippen LogP contribution in [0, 0.1) is 0 Å². The summed E-state index contributed by atoms with van der Waals surface area (Å²) in [7, 11) is 1.61.